The maximum absolute atomic E-state index is 13.3. The van der Waals surface area contributed by atoms with Crippen molar-refractivity contribution in [3.8, 4) is 11.4 Å². The van der Waals surface area contributed by atoms with Gasteiger partial charge >= 0.3 is 0 Å². The van der Waals surface area contributed by atoms with Gasteiger partial charge in [-0.25, -0.2) is 9.37 Å². The Hall–Kier alpha value is -2.64. The lowest BCUT2D eigenvalue weighted by atomic mass is 10.1. The van der Waals surface area contributed by atoms with Crippen LogP contribution >= 0.6 is 0 Å². The minimum atomic E-state index is -0.246. The predicted molar refractivity (Wildman–Crippen MR) is 108 cm³/mol. The van der Waals surface area contributed by atoms with Crippen LogP contribution in [0.1, 0.15) is 0 Å². The average Bonchev–Trinajstić information content (AvgIpc) is 3.18. The fraction of sp³-hybridized carbons (Fsp3) is 0.381. The Kier molecular flexibility index (Phi) is 4.62. The molecule has 0 bridgehead atoms. The van der Waals surface area contributed by atoms with Crippen molar-refractivity contribution in [1.82, 2.24) is 9.97 Å². The first kappa shape index (κ1) is 17.5. The van der Waals surface area contributed by atoms with Crippen molar-refractivity contribution in [2.45, 2.75) is 0 Å². The lowest BCUT2D eigenvalue weighted by molar-refractivity contribution is 0.121. The normalized spacial score (nSPS) is 18.0. The highest BCUT2D eigenvalue weighted by molar-refractivity contribution is 5.90. The van der Waals surface area contributed by atoms with Gasteiger partial charge in [-0.1, -0.05) is 0 Å². The molecule has 7 heteroatoms. The largest absolute Gasteiger partial charge is 0.378 e. The van der Waals surface area contributed by atoms with E-state index < -0.39 is 0 Å². The third kappa shape index (κ3) is 3.31. The topological polar surface area (TPSA) is 53.6 Å². The van der Waals surface area contributed by atoms with Crippen molar-refractivity contribution in [1.29, 1.82) is 0 Å². The zero-order valence-corrected chi connectivity index (χ0v) is 15.7. The van der Waals surface area contributed by atoms with E-state index in [9.17, 15) is 4.39 Å². The molecule has 0 saturated carbocycles. The maximum atomic E-state index is 13.3. The number of hydrogen-bond acceptors (Lipinski definition) is 5. The first-order valence-electron chi connectivity index (χ1n) is 9.73. The lowest BCUT2D eigenvalue weighted by Crippen LogP contribution is -2.40. The SMILES string of the molecule is Fc1ccc(-c2nc3cc(N4CCOCC4)c(N4CCOCC4)cc3[nH]2)cc1. The van der Waals surface area contributed by atoms with Gasteiger partial charge in [-0.3, -0.25) is 0 Å². The number of rotatable bonds is 3. The van der Waals surface area contributed by atoms with Crippen LogP contribution in [0, 0.1) is 5.82 Å². The lowest BCUT2D eigenvalue weighted by Gasteiger charge is -2.36. The van der Waals surface area contributed by atoms with E-state index in [1.807, 2.05) is 0 Å². The summed E-state index contributed by atoms with van der Waals surface area (Å²) in [5.74, 6) is 0.506. The minimum absolute atomic E-state index is 0.246. The highest BCUT2D eigenvalue weighted by Crippen LogP contribution is 2.35. The molecule has 0 unspecified atom stereocenters. The zero-order valence-electron chi connectivity index (χ0n) is 15.7. The van der Waals surface area contributed by atoms with Gasteiger partial charge in [0, 0.05) is 31.7 Å². The van der Waals surface area contributed by atoms with Crippen molar-refractivity contribution in [2.24, 2.45) is 0 Å². The first-order valence-corrected chi connectivity index (χ1v) is 9.73. The third-order valence-electron chi connectivity index (χ3n) is 5.40. The van der Waals surface area contributed by atoms with Crippen LogP contribution in [0.2, 0.25) is 0 Å². The molecule has 2 aromatic carbocycles. The van der Waals surface area contributed by atoms with E-state index in [0.29, 0.717) is 0 Å². The van der Waals surface area contributed by atoms with Crippen LogP contribution in [0.25, 0.3) is 22.4 Å². The smallest absolute Gasteiger partial charge is 0.138 e. The highest BCUT2D eigenvalue weighted by Gasteiger charge is 2.22. The summed E-state index contributed by atoms with van der Waals surface area (Å²) < 4.78 is 24.3. The fourth-order valence-corrected chi connectivity index (χ4v) is 3.89. The number of morpholine rings is 2. The number of H-pyrrole nitrogens is 1. The molecule has 1 aromatic heterocycles. The fourth-order valence-electron chi connectivity index (χ4n) is 3.89. The number of halogens is 1. The molecule has 2 saturated heterocycles. The Bertz CT molecular complexity index is 905. The van der Waals surface area contributed by atoms with Gasteiger partial charge < -0.3 is 24.3 Å². The summed E-state index contributed by atoms with van der Waals surface area (Å²) in [6, 6.07) is 10.8. The number of benzene rings is 2. The van der Waals surface area contributed by atoms with Gasteiger partial charge in [-0.15, -0.1) is 0 Å². The van der Waals surface area contributed by atoms with Gasteiger partial charge in [0.1, 0.15) is 11.6 Å². The number of imidazole rings is 1. The molecule has 2 fully saturated rings. The van der Waals surface area contributed by atoms with Crippen molar-refractivity contribution in [3.05, 3.63) is 42.2 Å². The predicted octanol–water partition coefficient (Wildman–Crippen LogP) is 3.04. The average molecular weight is 382 g/mol. The van der Waals surface area contributed by atoms with Gasteiger partial charge in [0.05, 0.1) is 48.8 Å². The van der Waals surface area contributed by atoms with Crippen molar-refractivity contribution in [3.63, 3.8) is 0 Å². The van der Waals surface area contributed by atoms with E-state index >= 15 is 0 Å². The van der Waals surface area contributed by atoms with Gasteiger partial charge in [0.25, 0.3) is 0 Å². The molecule has 3 aromatic rings. The van der Waals surface area contributed by atoms with Crippen LogP contribution < -0.4 is 9.80 Å². The van der Waals surface area contributed by atoms with E-state index in [2.05, 4.69) is 26.9 Å². The van der Waals surface area contributed by atoms with E-state index in [0.717, 1.165) is 75.0 Å². The first-order chi connectivity index (χ1) is 13.8. The standard InChI is InChI=1S/C21H23FN4O2/c22-16-3-1-15(2-4-16)21-23-17-13-19(25-5-9-27-10-6-25)20(14-18(17)24-21)26-7-11-28-12-8-26/h1-4,13-14H,5-12H2,(H,23,24). The number of aromatic nitrogens is 2. The molecule has 0 spiro atoms. The Morgan fingerprint density at radius 2 is 1.39 bits per heavy atom. The summed E-state index contributed by atoms with van der Waals surface area (Å²) in [6.45, 7) is 6.46. The van der Waals surface area contributed by atoms with Crippen molar-refractivity contribution < 1.29 is 13.9 Å². The molecule has 0 radical (unpaired) electrons. The second kappa shape index (κ2) is 7.41. The summed E-state index contributed by atoms with van der Waals surface area (Å²) in [6.07, 6.45) is 0. The molecule has 2 aliphatic rings. The van der Waals surface area contributed by atoms with E-state index in [1.165, 1.54) is 23.5 Å². The molecule has 5 rings (SSSR count). The van der Waals surface area contributed by atoms with E-state index in [4.69, 9.17) is 14.5 Å². The summed E-state index contributed by atoms with van der Waals surface area (Å²) >= 11 is 0. The number of nitrogens with one attached hydrogen (secondary N) is 1. The Morgan fingerprint density at radius 1 is 0.821 bits per heavy atom. The van der Waals surface area contributed by atoms with Gasteiger partial charge in [-0.2, -0.15) is 0 Å². The molecule has 6 nitrogen and oxygen atoms in total. The second-order valence-electron chi connectivity index (χ2n) is 7.15. The van der Waals surface area contributed by atoms with E-state index in [1.54, 1.807) is 12.1 Å². The Balaban J connectivity index is 1.59. The third-order valence-corrected chi connectivity index (χ3v) is 5.40. The monoisotopic (exact) mass is 382 g/mol. The Morgan fingerprint density at radius 3 is 2.00 bits per heavy atom. The van der Waals surface area contributed by atoms with Gasteiger partial charge in [0.15, 0.2) is 0 Å². The second-order valence-corrected chi connectivity index (χ2v) is 7.15. The zero-order chi connectivity index (χ0) is 18.9. The van der Waals surface area contributed by atoms with Crippen molar-refractivity contribution in [2.75, 3.05) is 62.4 Å². The number of fused-ring (bicyclic) bond motifs is 1. The van der Waals surface area contributed by atoms with Gasteiger partial charge in [-0.05, 0) is 36.4 Å². The molecule has 28 heavy (non-hydrogen) atoms. The molecule has 0 atom stereocenters. The number of nitrogens with zero attached hydrogens (tertiary/aromatic N) is 3. The van der Waals surface area contributed by atoms with E-state index in [-0.39, 0.29) is 5.82 Å². The van der Waals surface area contributed by atoms with Crippen molar-refractivity contribution >= 4 is 22.4 Å². The van der Waals surface area contributed by atoms with Gasteiger partial charge in [0.2, 0.25) is 0 Å². The number of ether oxygens (including phenoxy) is 2. The molecular formula is C21H23FN4O2. The highest BCUT2D eigenvalue weighted by atomic mass is 19.1. The van der Waals surface area contributed by atoms with Crippen LogP contribution in [0.4, 0.5) is 15.8 Å². The summed E-state index contributed by atoms with van der Waals surface area (Å²) in [5.41, 5.74) is 5.16. The molecule has 0 aliphatic carbocycles. The number of anilines is 2. The molecule has 2 aliphatic heterocycles. The van der Waals surface area contributed by atoms with Crippen LogP contribution in [0.5, 0.6) is 0 Å². The molecule has 0 amide bonds. The quantitative estimate of drug-likeness (QED) is 0.755. The number of aromatic amines is 1. The molecular weight excluding hydrogens is 359 g/mol. The van der Waals surface area contributed by atoms with Crippen LogP contribution in [-0.4, -0.2) is 62.6 Å². The molecule has 1 N–H and O–H groups in total. The van der Waals surface area contributed by atoms with Crippen LogP contribution in [-0.2, 0) is 9.47 Å². The molecule has 3 heterocycles. The Labute approximate surface area is 162 Å². The van der Waals surface area contributed by atoms with Crippen LogP contribution in [0.3, 0.4) is 0 Å². The molecule has 146 valence electrons. The maximum Gasteiger partial charge on any atom is 0.138 e. The van der Waals surface area contributed by atoms with Crippen LogP contribution in [0.15, 0.2) is 36.4 Å². The number of hydrogen-bond donors (Lipinski definition) is 1. The summed E-state index contributed by atoms with van der Waals surface area (Å²) in [5, 5.41) is 0. The summed E-state index contributed by atoms with van der Waals surface area (Å²) in [7, 11) is 0. The minimum Gasteiger partial charge on any atom is -0.378 e. The summed E-state index contributed by atoms with van der Waals surface area (Å²) in [4.78, 5) is 12.9.